The Kier molecular flexibility index (Phi) is 2.63. The van der Waals surface area contributed by atoms with Crippen LogP contribution in [0.15, 0.2) is 42.5 Å². The van der Waals surface area contributed by atoms with E-state index in [9.17, 15) is 4.79 Å². The van der Waals surface area contributed by atoms with Crippen molar-refractivity contribution in [3.05, 3.63) is 64.7 Å². The predicted molar refractivity (Wildman–Crippen MR) is 72.8 cm³/mol. The van der Waals surface area contributed by atoms with Gasteiger partial charge in [0.2, 0.25) is 0 Å². The minimum atomic E-state index is 0.0738. The van der Waals surface area contributed by atoms with Crippen LogP contribution >= 0.6 is 0 Å². The summed E-state index contributed by atoms with van der Waals surface area (Å²) < 4.78 is 0. The average Bonchev–Trinajstić information content (AvgIpc) is 2.86. The van der Waals surface area contributed by atoms with Crippen molar-refractivity contribution in [3.63, 3.8) is 0 Å². The average molecular weight is 237 g/mol. The number of ketones is 1. The summed E-state index contributed by atoms with van der Waals surface area (Å²) in [7, 11) is 0. The Balaban J connectivity index is 1.95. The lowest BCUT2D eigenvalue weighted by Crippen LogP contribution is -2.02. The Bertz CT molecular complexity index is 599. The van der Waals surface area contributed by atoms with Crippen molar-refractivity contribution in [1.82, 2.24) is 0 Å². The van der Waals surface area contributed by atoms with Gasteiger partial charge in [-0.25, -0.2) is 0 Å². The topological polar surface area (TPSA) is 43.1 Å². The molecule has 18 heavy (non-hydrogen) atoms. The molecule has 0 aromatic heterocycles. The zero-order valence-electron chi connectivity index (χ0n) is 10.1. The highest BCUT2D eigenvalue weighted by molar-refractivity contribution is 6.09. The van der Waals surface area contributed by atoms with Gasteiger partial charge >= 0.3 is 0 Å². The normalized spacial score (nSPS) is 13.3. The first-order valence-electron chi connectivity index (χ1n) is 6.26. The third kappa shape index (κ3) is 1.90. The van der Waals surface area contributed by atoms with Crippen LogP contribution in [0.25, 0.3) is 0 Å². The van der Waals surface area contributed by atoms with Crippen molar-refractivity contribution < 1.29 is 4.79 Å². The van der Waals surface area contributed by atoms with Gasteiger partial charge < -0.3 is 5.73 Å². The molecule has 0 radical (unpaired) electrons. The van der Waals surface area contributed by atoms with E-state index in [1.807, 2.05) is 12.1 Å². The van der Waals surface area contributed by atoms with E-state index in [1.54, 1.807) is 24.3 Å². The van der Waals surface area contributed by atoms with Gasteiger partial charge in [-0.15, -0.1) is 0 Å². The Morgan fingerprint density at radius 1 is 0.889 bits per heavy atom. The molecule has 3 rings (SSSR count). The molecule has 0 amide bonds. The second-order valence-electron chi connectivity index (χ2n) is 4.79. The molecule has 1 aliphatic rings. The Morgan fingerprint density at radius 3 is 2.33 bits per heavy atom. The summed E-state index contributed by atoms with van der Waals surface area (Å²) >= 11 is 0. The van der Waals surface area contributed by atoms with Gasteiger partial charge in [0.25, 0.3) is 0 Å². The number of benzene rings is 2. The number of hydrogen-bond donors (Lipinski definition) is 1. The van der Waals surface area contributed by atoms with Crippen molar-refractivity contribution in [2.24, 2.45) is 0 Å². The fourth-order valence-electron chi connectivity index (χ4n) is 2.51. The molecule has 0 aliphatic heterocycles. The molecule has 0 unspecified atom stereocenters. The summed E-state index contributed by atoms with van der Waals surface area (Å²) in [6, 6.07) is 13.2. The molecule has 0 atom stereocenters. The maximum atomic E-state index is 12.3. The van der Waals surface area contributed by atoms with E-state index >= 15 is 0 Å². The molecular formula is C16H15NO. The molecule has 0 saturated heterocycles. The summed E-state index contributed by atoms with van der Waals surface area (Å²) in [5, 5.41) is 0. The van der Waals surface area contributed by atoms with Crippen LogP contribution in [-0.2, 0) is 12.8 Å². The van der Waals surface area contributed by atoms with Crippen molar-refractivity contribution in [3.8, 4) is 0 Å². The van der Waals surface area contributed by atoms with Crippen LogP contribution in [-0.4, -0.2) is 5.78 Å². The van der Waals surface area contributed by atoms with Crippen LogP contribution in [0.4, 0.5) is 5.69 Å². The molecular weight excluding hydrogens is 222 g/mol. The zero-order chi connectivity index (χ0) is 12.5. The van der Waals surface area contributed by atoms with Crippen LogP contribution in [0.5, 0.6) is 0 Å². The van der Waals surface area contributed by atoms with Gasteiger partial charge in [-0.05, 0) is 60.7 Å². The van der Waals surface area contributed by atoms with Crippen molar-refractivity contribution in [2.45, 2.75) is 19.3 Å². The lowest BCUT2D eigenvalue weighted by atomic mass is 9.99. The van der Waals surface area contributed by atoms with Crippen LogP contribution in [0, 0.1) is 0 Å². The number of carbonyl (C=O) groups excluding carboxylic acids is 1. The quantitative estimate of drug-likeness (QED) is 0.644. The summed E-state index contributed by atoms with van der Waals surface area (Å²) in [5.74, 6) is 0.0738. The minimum Gasteiger partial charge on any atom is -0.399 e. The van der Waals surface area contributed by atoms with E-state index < -0.39 is 0 Å². The first-order valence-corrected chi connectivity index (χ1v) is 6.26. The van der Waals surface area contributed by atoms with Crippen molar-refractivity contribution in [1.29, 1.82) is 0 Å². The van der Waals surface area contributed by atoms with Gasteiger partial charge in [0.15, 0.2) is 5.78 Å². The number of fused-ring (bicyclic) bond motifs is 1. The molecule has 0 spiro atoms. The van der Waals surface area contributed by atoms with E-state index in [0.29, 0.717) is 11.3 Å². The van der Waals surface area contributed by atoms with Crippen LogP contribution < -0.4 is 5.73 Å². The number of rotatable bonds is 2. The van der Waals surface area contributed by atoms with Gasteiger partial charge in [0.1, 0.15) is 0 Å². The standard InChI is InChI=1S/C16H15NO/c17-15-8-6-12(7-9-15)16(18)14-5-4-11-2-1-3-13(11)10-14/h4-10H,1-3,17H2. The Hall–Kier alpha value is -2.09. The smallest absolute Gasteiger partial charge is 0.193 e. The summed E-state index contributed by atoms with van der Waals surface area (Å²) in [6.45, 7) is 0. The number of anilines is 1. The molecule has 2 aromatic carbocycles. The number of nitrogen functional groups attached to an aromatic ring is 1. The minimum absolute atomic E-state index is 0.0738. The zero-order valence-corrected chi connectivity index (χ0v) is 10.1. The third-order valence-corrected chi connectivity index (χ3v) is 3.53. The Labute approximate surface area is 106 Å². The van der Waals surface area contributed by atoms with E-state index in [-0.39, 0.29) is 5.78 Å². The fourth-order valence-corrected chi connectivity index (χ4v) is 2.51. The van der Waals surface area contributed by atoms with E-state index in [0.717, 1.165) is 18.4 Å². The fraction of sp³-hybridized carbons (Fsp3) is 0.188. The monoisotopic (exact) mass is 237 g/mol. The number of aryl methyl sites for hydroxylation is 2. The van der Waals surface area contributed by atoms with Crippen molar-refractivity contribution >= 4 is 11.5 Å². The van der Waals surface area contributed by atoms with E-state index in [2.05, 4.69) is 6.07 Å². The Morgan fingerprint density at radius 2 is 1.56 bits per heavy atom. The van der Waals surface area contributed by atoms with Gasteiger partial charge in [-0.3, -0.25) is 4.79 Å². The van der Waals surface area contributed by atoms with E-state index in [1.165, 1.54) is 17.5 Å². The molecule has 90 valence electrons. The van der Waals surface area contributed by atoms with Gasteiger partial charge in [-0.1, -0.05) is 12.1 Å². The first-order chi connectivity index (χ1) is 8.74. The van der Waals surface area contributed by atoms with Crippen LogP contribution in [0.2, 0.25) is 0 Å². The van der Waals surface area contributed by atoms with Gasteiger partial charge in [0.05, 0.1) is 0 Å². The highest BCUT2D eigenvalue weighted by Crippen LogP contribution is 2.24. The second-order valence-corrected chi connectivity index (χ2v) is 4.79. The van der Waals surface area contributed by atoms with Gasteiger partial charge in [-0.2, -0.15) is 0 Å². The first kappa shape index (κ1) is 11.0. The SMILES string of the molecule is Nc1ccc(C(=O)c2ccc3c(c2)CCC3)cc1. The highest BCUT2D eigenvalue weighted by atomic mass is 16.1. The summed E-state index contributed by atoms with van der Waals surface area (Å²) in [6.07, 6.45) is 3.44. The lowest BCUT2D eigenvalue weighted by molar-refractivity contribution is 0.103. The van der Waals surface area contributed by atoms with Crippen LogP contribution in [0.1, 0.15) is 33.5 Å². The summed E-state index contributed by atoms with van der Waals surface area (Å²) in [4.78, 5) is 12.3. The summed E-state index contributed by atoms with van der Waals surface area (Å²) in [5.41, 5.74) is 10.5. The van der Waals surface area contributed by atoms with Crippen LogP contribution in [0.3, 0.4) is 0 Å². The predicted octanol–water partition coefficient (Wildman–Crippen LogP) is 2.99. The third-order valence-electron chi connectivity index (χ3n) is 3.53. The lowest BCUT2D eigenvalue weighted by Gasteiger charge is -2.05. The number of hydrogen-bond acceptors (Lipinski definition) is 2. The highest BCUT2D eigenvalue weighted by Gasteiger charge is 2.14. The maximum Gasteiger partial charge on any atom is 0.193 e. The molecule has 1 aliphatic carbocycles. The number of carbonyl (C=O) groups is 1. The molecule has 0 bridgehead atoms. The molecule has 2 aromatic rings. The molecule has 0 saturated carbocycles. The molecule has 2 heteroatoms. The van der Waals surface area contributed by atoms with Crippen molar-refractivity contribution in [2.75, 3.05) is 5.73 Å². The number of nitrogens with two attached hydrogens (primary N) is 1. The van der Waals surface area contributed by atoms with Gasteiger partial charge in [0, 0.05) is 16.8 Å². The second kappa shape index (κ2) is 4.30. The largest absolute Gasteiger partial charge is 0.399 e. The molecule has 0 fully saturated rings. The molecule has 2 nitrogen and oxygen atoms in total. The maximum absolute atomic E-state index is 12.3. The molecule has 2 N–H and O–H groups in total. The van der Waals surface area contributed by atoms with E-state index in [4.69, 9.17) is 5.73 Å². The molecule has 0 heterocycles.